The van der Waals surface area contributed by atoms with Gasteiger partial charge < -0.3 is 0 Å². The Morgan fingerprint density at radius 3 is 2.23 bits per heavy atom. The van der Waals surface area contributed by atoms with Crippen LogP contribution in [-0.4, -0.2) is 18.0 Å². The van der Waals surface area contributed by atoms with Crippen LogP contribution in [-0.2, 0) is 0 Å². The molecule has 13 heavy (non-hydrogen) atoms. The number of rotatable bonds is 0. The first-order chi connectivity index (χ1) is 5.97. The molecule has 0 saturated carbocycles. The molecule has 0 aliphatic rings. The molecule has 0 fully saturated rings. The molecule has 0 amide bonds. The largest absolute Gasteiger partial charge is 0.229 e. The summed E-state index contributed by atoms with van der Waals surface area (Å²) in [6, 6.07) is 0. The fourth-order valence-electron chi connectivity index (χ4n) is 0.637. The molecular weight excluding hydrogens is 244 g/mol. The molecule has 4 heteroatoms. The molecule has 1 aromatic rings. The summed E-state index contributed by atoms with van der Waals surface area (Å²) in [6.07, 6.45) is 3.45. The third-order valence-electron chi connectivity index (χ3n) is 1.20. The van der Waals surface area contributed by atoms with E-state index in [1.165, 1.54) is 0 Å². The van der Waals surface area contributed by atoms with Crippen LogP contribution in [0.25, 0.3) is 0 Å². The van der Waals surface area contributed by atoms with E-state index in [-0.39, 0.29) is 0 Å². The molecule has 1 aromatic heterocycles. The van der Waals surface area contributed by atoms with Gasteiger partial charge in [-0.25, -0.2) is 9.97 Å². The van der Waals surface area contributed by atoms with Crippen LogP contribution in [0.15, 0.2) is 17.1 Å². The quantitative estimate of drug-likeness (QED) is 0.404. The van der Waals surface area contributed by atoms with E-state index in [1.54, 1.807) is 12.4 Å². The molecule has 0 aliphatic carbocycles. The third-order valence-corrected chi connectivity index (χ3v) is 2.49. The van der Waals surface area contributed by atoms with Gasteiger partial charge in [-0.1, -0.05) is 25.6 Å². The smallest absolute Gasteiger partial charge is 0.196 e. The van der Waals surface area contributed by atoms with Crippen LogP contribution in [0.4, 0.5) is 0 Å². The van der Waals surface area contributed by atoms with Crippen LogP contribution in [0.5, 0.6) is 0 Å². The fourth-order valence-corrected chi connectivity index (χ4v) is 1.36. The van der Waals surface area contributed by atoms with E-state index in [2.05, 4.69) is 57.0 Å². The van der Waals surface area contributed by atoms with Gasteiger partial charge in [-0.15, -0.1) is 5.54 Å². The van der Waals surface area contributed by atoms with Gasteiger partial charge in [0.15, 0.2) is 4.73 Å². The molecule has 0 bridgehead atoms. The summed E-state index contributed by atoms with van der Waals surface area (Å²) in [4.78, 5) is 8.00. The normalized spacial score (nSPS) is 10.5. The van der Waals surface area contributed by atoms with Gasteiger partial charge in [0.1, 0.15) is 8.07 Å². The second kappa shape index (κ2) is 4.03. The number of aromatic nitrogens is 2. The van der Waals surface area contributed by atoms with Crippen LogP contribution < -0.4 is 0 Å². The van der Waals surface area contributed by atoms with E-state index in [0.29, 0.717) is 4.73 Å². The lowest BCUT2D eigenvalue weighted by atomic mass is 10.4. The van der Waals surface area contributed by atoms with Crippen molar-refractivity contribution in [2.24, 2.45) is 0 Å². The van der Waals surface area contributed by atoms with Crippen molar-refractivity contribution in [1.82, 2.24) is 9.97 Å². The second-order valence-electron chi connectivity index (χ2n) is 3.74. The molecule has 0 atom stereocenters. The van der Waals surface area contributed by atoms with Gasteiger partial charge >= 0.3 is 0 Å². The van der Waals surface area contributed by atoms with Crippen LogP contribution in [0, 0.1) is 11.5 Å². The number of nitrogens with zero attached hydrogens (tertiary/aromatic N) is 2. The first-order valence-corrected chi connectivity index (χ1v) is 8.27. The maximum Gasteiger partial charge on any atom is 0.196 e. The lowest BCUT2D eigenvalue weighted by molar-refractivity contribution is 1.10. The number of hydrogen-bond acceptors (Lipinski definition) is 2. The van der Waals surface area contributed by atoms with Crippen LogP contribution in [0.3, 0.4) is 0 Å². The Bertz CT molecular complexity index is 343. The monoisotopic (exact) mass is 254 g/mol. The average Bonchev–Trinajstić information content (AvgIpc) is 2.02. The van der Waals surface area contributed by atoms with Crippen LogP contribution in [0.2, 0.25) is 19.6 Å². The highest BCUT2D eigenvalue weighted by molar-refractivity contribution is 9.10. The Balaban J connectivity index is 2.85. The zero-order valence-electron chi connectivity index (χ0n) is 7.93. The van der Waals surface area contributed by atoms with Gasteiger partial charge in [0.2, 0.25) is 0 Å². The molecule has 68 valence electrons. The van der Waals surface area contributed by atoms with Crippen molar-refractivity contribution in [2.45, 2.75) is 19.6 Å². The van der Waals surface area contributed by atoms with E-state index >= 15 is 0 Å². The van der Waals surface area contributed by atoms with Crippen molar-refractivity contribution < 1.29 is 0 Å². The predicted octanol–water partition coefficient (Wildman–Crippen LogP) is 2.47. The Kier molecular flexibility index (Phi) is 3.23. The Morgan fingerprint density at radius 2 is 1.77 bits per heavy atom. The molecule has 0 radical (unpaired) electrons. The fraction of sp³-hybridized carbons (Fsp3) is 0.333. The van der Waals surface area contributed by atoms with Crippen molar-refractivity contribution in [3.63, 3.8) is 0 Å². The topological polar surface area (TPSA) is 25.8 Å². The van der Waals surface area contributed by atoms with Gasteiger partial charge in [0, 0.05) is 12.4 Å². The number of hydrogen-bond donors (Lipinski definition) is 0. The Labute approximate surface area is 87.9 Å². The molecule has 0 aromatic carbocycles. The van der Waals surface area contributed by atoms with Crippen molar-refractivity contribution >= 4 is 24.0 Å². The molecule has 1 rings (SSSR count). The summed E-state index contributed by atoms with van der Waals surface area (Å²) in [7, 11) is -1.28. The summed E-state index contributed by atoms with van der Waals surface area (Å²) >= 11 is 3.17. The number of halogens is 1. The molecule has 0 saturated heterocycles. The zero-order chi connectivity index (χ0) is 9.90. The molecule has 1 heterocycles. The van der Waals surface area contributed by atoms with Gasteiger partial charge in [-0.05, 0) is 15.9 Å². The summed E-state index contributed by atoms with van der Waals surface area (Å²) in [6.45, 7) is 6.62. The third kappa shape index (κ3) is 4.20. The standard InChI is InChI=1S/C9H11BrN2Si/c1-13(2,3)5-4-8-6-11-9(10)12-7-8/h6-7H,1-3H3. The van der Waals surface area contributed by atoms with E-state index < -0.39 is 8.07 Å². The lowest BCUT2D eigenvalue weighted by Crippen LogP contribution is -2.16. The summed E-state index contributed by atoms with van der Waals surface area (Å²) in [5.41, 5.74) is 4.13. The molecule has 0 N–H and O–H groups in total. The molecule has 0 spiro atoms. The van der Waals surface area contributed by atoms with Gasteiger partial charge in [-0.2, -0.15) is 0 Å². The summed E-state index contributed by atoms with van der Waals surface area (Å²) < 4.78 is 0.603. The first-order valence-electron chi connectivity index (χ1n) is 3.98. The van der Waals surface area contributed by atoms with Gasteiger partial charge in [-0.3, -0.25) is 0 Å². The Morgan fingerprint density at radius 1 is 1.23 bits per heavy atom. The summed E-state index contributed by atoms with van der Waals surface area (Å²) in [5.74, 6) is 3.08. The Hall–Kier alpha value is -0.663. The predicted molar refractivity (Wildman–Crippen MR) is 60.0 cm³/mol. The minimum atomic E-state index is -1.28. The SMILES string of the molecule is C[Si](C)(C)C#Cc1cnc(Br)nc1. The second-order valence-corrected chi connectivity index (χ2v) is 9.20. The van der Waals surface area contributed by atoms with Gasteiger partial charge in [0.25, 0.3) is 0 Å². The molecule has 0 aliphatic heterocycles. The van der Waals surface area contributed by atoms with E-state index in [1.807, 2.05) is 0 Å². The molecule has 2 nitrogen and oxygen atoms in total. The van der Waals surface area contributed by atoms with Crippen LogP contribution >= 0.6 is 15.9 Å². The summed E-state index contributed by atoms with van der Waals surface area (Å²) in [5, 5.41) is 0. The lowest BCUT2D eigenvalue weighted by Gasteiger charge is -2.02. The van der Waals surface area contributed by atoms with E-state index in [4.69, 9.17) is 0 Å². The zero-order valence-corrected chi connectivity index (χ0v) is 10.5. The van der Waals surface area contributed by atoms with Crippen molar-refractivity contribution in [3.05, 3.63) is 22.7 Å². The highest BCUT2D eigenvalue weighted by Crippen LogP contribution is 2.02. The molecule has 0 unspecified atom stereocenters. The van der Waals surface area contributed by atoms with Crippen molar-refractivity contribution in [1.29, 1.82) is 0 Å². The maximum absolute atomic E-state index is 4.00. The van der Waals surface area contributed by atoms with E-state index in [9.17, 15) is 0 Å². The molecular formula is C9H11BrN2Si. The van der Waals surface area contributed by atoms with Gasteiger partial charge in [0.05, 0.1) is 5.56 Å². The average molecular weight is 255 g/mol. The minimum Gasteiger partial charge on any atom is -0.229 e. The van der Waals surface area contributed by atoms with E-state index in [0.717, 1.165) is 5.56 Å². The first kappa shape index (κ1) is 10.4. The van der Waals surface area contributed by atoms with Crippen molar-refractivity contribution in [3.8, 4) is 11.5 Å². The van der Waals surface area contributed by atoms with Crippen LogP contribution in [0.1, 0.15) is 5.56 Å². The minimum absolute atomic E-state index is 0.603. The maximum atomic E-state index is 4.00. The van der Waals surface area contributed by atoms with Crippen molar-refractivity contribution in [2.75, 3.05) is 0 Å². The highest BCUT2D eigenvalue weighted by Gasteiger charge is 2.07. The highest BCUT2D eigenvalue weighted by atomic mass is 79.9.